The van der Waals surface area contributed by atoms with Gasteiger partial charge in [-0.2, -0.15) is 0 Å². The van der Waals surface area contributed by atoms with Gasteiger partial charge in [0.25, 0.3) is 0 Å². The third kappa shape index (κ3) is 3.82. The summed E-state index contributed by atoms with van der Waals surface area (Å²) in [6, 6.07) is 8.08. The number of anilines is 1. The van der Waals surface area contributed by atoms with Crippen LogP contribution in [-0.2, 0) is 9.84 Å². The molecule has 100 valence electrons. The van der Waals surface area contributed by atoms with Gasteiger partial charge >= 0.3 is 0 Å². The van der Waals surface area contributed by atoms with Crippen molar-refractivity contribution in [2.24, 2.45) is 0 Å². The number of halogens is 1. The monoisotopic (exact) mass is 315 g/mol. The topological polar surface area (TPSA) is 85.9 Å². The Labute approximate surface area is 120 Å². The van der Waals surface area contributed by atoms with E-state index in [1.807, 2.05) is 0 Å². The van der Waals surface area contributed by atoms with Gasteiger partial charge in [-0.05, 0) is 24.3 Å². The summed E-state index contributed by atoms with van der Waals surface area (Å²) >= 11 is 7.10. The van der Waals surface area contributed by atoms with Crippen LogP contribution in [0, 0.1) is 0 Å². The van der Waals surface area contributed by atoms with Gasteiger partial charge in [0.15, 0.2) is 9.84 Å². The first-order valence-electron chi connectivity index (χ1n) is 5.12. The molecule has 0 fully saturated rings. The van der Waals surface area contributed by atoms with Crippen molar-refractivity contribution in [3.8, 4) is 0 Å². The number of benzene rings is 1. The van der Waals surface area contributed by atoms with E-state index in [1.54, 1.807) is 30.3 Å². The van der Waals surface area contributed by atoms with Gasteiger partial charge in [0.1, 0.15) is 10.2 Å². The molecule has 0 saturated heterocycles. The second-order valence-corrected chi connectivity index (χ2v) is 7.23. The molecule has 8 heteroatoms. The molecule has 19 heavy (non-hydrogen) atoms. The Kier molecular flexibility index (Phi) is 3.98. The highest BCUT2D eigenvalue weighted by molar-refractivity contribution is 7.99. The summed E-state index contributed by atoms with van der Waals surface area (Å²) in [7, 11) is -3.18. The maximum absolute atomic E-state index is 11.3. The van der Waals surface area contributed by atoms with Gasteiger partial charge in [-0.25, -0.2) is 18.4 Å². The van der Waals surface area contributed by atoms with Crippen molar-refractivity contribution in [3.63, 3.8) is 0 Å². The molecule has 0 unspecified atom stereocenters. The van der Waals surface area contributed by atoms with Crippen LogP contribution in [0.1, 0.15) is 0 Å². The van der Waals surface area contributed by atoms with Gasteiger partial charge in [0.05, 0.1) is 4.90 Å². The number of aromatic nitrogens is 2. The minimum atomic E-state index is -3.18. The van der Waals surface area contributed by atoms with Crippen molar-refractivity contribution in [2.45, 2.75) is 14.8 Å². The van der Waals surface area contributed by atoms with E-state index < -0.39 is 9.84 Å². The first-order valence-corrected chi connectivity index (χ1v) is 8.21. The standard InChI is InChI=1S/C11H10ClN3O2S2/c1-19(16,17)8-4-2-7(3-5-8)18-10-6-9(12)14-11(13)15-10/h2-6H,1H3,(H2,13,14,15). The predicted molar refractivity (Wildman–Crippen MR) is 75.1 cm³/mol. The van der Waals surface area contributed by atoms with E-state index in [0.717, 1.165) is 4.90 Å². The SMILES string of the molecule is CS(=O)(=O)c1ccc(Sc2cc(Cl)nc(N)n2)cc1. The summed E-state index contributed by atoms with van der Waals surface area (Å²) < 4.78 is 22.7. The van der Waals surface area contributed by atoms with Crippen LogP contribution in [0.15, 0.2) is 45.1 Å². The number of rotatable bonds is 3. The summed E-state index contributed by atoms with van der Waals surface area (Å²) in [5, 5.41) is 0.868. The molecule has 0 aliphatic heterocycles. The highest BCUT2D eigenvalue weighted by Gasteiger charge is 2.07. The molecule has 0 atom stereocenters. The van der Waals surface area contributed by atoms with Gasteiger partial charge in [0, 0.05) is 17.2 Å². The number of nitrogens with zero attached hydrogens (tertiary/aromatic N) is 2. The lowest BCUT2D eigenvalue weighted by Crippen LogP contribution is -1.97. The molecule has 0 spiro atoms. The molecule has 2 N–H and O–H groups in total. The van der Waals surface area contributed by atoms with Crippen LogP contribution in [0.3, 0.4) is 0 Å². The highest BCUT2D eigenvalue weighted by atomic mass is 35.5. The Hall–Kier alpha value is -1.31. The zero-order valence-corrected chi connectivity index (χ0v) is 12.3. The van der Waals surface area contributed by atoms with Crippen molar-refractivity contribution in [1.29, 1.82) is 0 Å². The van der Waals surface area contributed by atoms with E-state index in [0.29, 0.717) is 5.03 Å². The van der Waals surface area contributed by atoms with Crippen molar-refractivity contribution >= 4 is 39.1 Å². The second-order valence-electron chi connectivity index (χ2n) is 3.73. The number of sulfone groups is 1. The average molecular weight is 316 g/mol. The van der Waals surface area contributed by atoms with Crippen molar-refractivity contribution in [1.82, 2.24) is 9.97 Å². The molecule has 2 aromatic rings. The first kappa shape index (κ1) is 14.1. The van der Waals surface area contributed by atoms with Crippen LogP contribution in [0.4, 0.5) is 5.95 Å². The lowest BCUT2D eigenvalue weighted by atomic mass is 10.4. The zero-order valence-electron chi connectivity index (χ0n) is 9.87. The van der Waals surface area contributed by atoms with Crippen LogP contribution in [0.2, 0.25) is 5.15 Å². The van der Waals surface area contributed by atoms with Gasteiger partial charge in [0.2, 0.25) is 5.95 Å². The average Bonchev–Trinajstić information content (AvgIpc) is 2.26. The van der Waals surface area contributed by atoms with E-state index in [9.17, 15) is 8.42 Å². The van der Waals surface area contributed by atoms with Gasteiger partial charge in [-0.15, -0.1) is 0 Å². The van der Waals surface area contributed by atoms with Crippen molar-refractivity contribution in [3.05, 3.63) is 35.5 Å². The lowest BCUT2D eigenvalue weighted by molar-refractivity contribution is 0.602. The molecule has 1 heterocycles. The maximum atomic E-state index is 11.3. The Morgan fingerprint density at radius 3 is 2.37 bits per heavy atom. The van der Waals surface area contributed by atoms with Gasteiger partial charge in [-0.1, -0.05) is 23.4 Å². The van der Waals surface area contributed by atoms with Crippen molar-refractivity contribution in [2.75, 3.05) is 12.0 Å². The van der Waals surface area contributed by atoms with Crippen LogP contribution in [0.5, 0.6) is 0 Å². The summed E-state index contributed by atoms with van der Waals surface area (Å²) in [5.74, 6) is 0.0998. The number of hydrogen-bond acceptors (Lipinski definition) is 6. The molecule has 1 aromatic carbocycles. The molecule has 0 aliphatic carbocycles. The molecular formula is C11H10ClN3O2S2. The fourth-order valence-electron chi connectivity index (χ4n) is 1.34. The number of nitrogens with two attached hydrogens (primary N) is 1. The van der Waals surface area contributed by atoms with E-state index in [2.05, 4.69) is 9.97 Å². The molecule has 2 rings (SSSR count). The minimum absolute atomic E-state index is 0.0998. The van der Waals surface area contributed by atoms with E-state index in [-0.39, 0.29) is 16.0 Å². The number of nitrogen functional groups attached to an aromatic ring is 1. The molecule has 0 aliphatic rings. The molecule has 1 aromatic heterocycles. The molecule has 0 bridgehead atoms. The molecule has 0 saturated carbocycles. The minimum Gasteiger partial charge on any atom is -0.368 e. The third-order valence-electron chi connectivity index (χ3n) is 2.16. The largest absolute Gasteiger partial charge is 0.368 e. The van der Waals surface area contributed by atoms with Crippen LogP contribution in [-0.4, -0.2) is 24.6 Å². The Bertz CT molecular complexity index is 682. The molecular weight excluding hydrogens is 306 g/mol. The summed E-state index contributed by atoms with van der Waals surface area (Å²) in [5.41, 5.74) is 5.49. The Morgan fingerprint density at radius 1 is 1.21 bits per heavy atom. The molecule has 0 radical (unpaired) electrons. The second kappa shape index (κ2) is 5.36. The van der Waals surface area contributed by atoms with Gasteiger partial charge < -0.3 is 5.73 Å². The summed E-state index contributed by atoms with van der Waals surface area (Å²) in [4.78, 5) is 8.90. The molecule has 0 amide bonds. The summed E-state index contributed by atoms with van der Waals surface area (Å²) in [6.45, 7) is 0. The lowest BCUT2D eigenvalue weighted by Gasteiger charge is -2.03. The van der Waals surface area contributed by atoms with Crippen LogP contribution in [0.25, 0.3) is 0 Å². The van der Waals surface area contributed by atoms with Crippen LogP contribution >= 0.6 is 23.4 Å². The van der Waals surface area contributed by atoms with Crippen molar-refractivity contribution < 1.29 is 8.42 Å². The highest BCUT2D eigenvalue weighted by Crippen LogP contribution is 2.28. The van der Waals surface area contributed by atoms with E-state index >= 15 is 0 Å². The smallest absolute Gasteiger partial charge is 0.222 e. The van der Waals surface area contributed by atoms with Gasteiger partial charge in [-0.3, -0.25) is 0 Å². The van der Waals surface area contributed by atoms with Crippen LogP contribution < -0.4 is 5.73 Å². The van der Waals surface area contributed by atoms with E-state index in [1.165, 1.54) is 18.0 Å². The number of hydrogen-bond donors (Lipinski definition) is 1. The van der Waals surface area contributed by atoms with E-state index in [4.69, 9.17) is 17.3 Å². The first-order chi connectivity index (χ1) is 8.84. The molecule has 5 nitrogen and oxygen atoms in total. The Morgan fingerprint density at radius 2 is 1.84 bits per heavy atom. The Balaban J connectivity index is 2.24. The summed E-state index contributed by atoms with van der Waals surface area (Å²) in [6.07, 6.45) is 1.17. The maximum Gasteiger partial charge on any atom is 0.222 e. The predicted octanol–water partition coefficient (Wildman–Crippen LogP) is 2.27. The fraction of sp³-hybridized carbons (Fsp3) is 0.0909. The fourth-order valence-corrected chi connectivity index (χ4v) is 3.05. The normalized spacial score (nSPS) is 11.5. The third-order valence-corrected chi connectivity index (χ3v) is 4.41. The zero-order chi connectivity index (χ0) is 14.0. The quantitative estimate of drug-likeness (QED) is 0.874.